The van der Waals surface area contributed by atoms with Crippen LogP contribution in [0.4, 0.5) is 0 Å². The number of carbonyl (C=O) groups is 1. The summed E-state index contributed by atoms with van der Waals surface area (Å²) in [5.74, 6) is -0.141. The van der Waals surface area contributed by atoms with Gasteiger partial charge in [-0.1, -0.05) is 0 Å². The quantitative estimate of drug-likeness (QED) is 0.841. The van der Waals surface area contributed by atoms with Crippen molar-refractivity contribution in [3.8, 4) is 11.6 Å². The number of hydrogen-bond acceptors (Lipinski definition) is 4. The number of aryl methyl sites for hydroxylation is 2. The molecule has 2 rings (SSSR count). The molecule has 0 atom stereocenters. The third kappa shape index (κ3) is 3.19. The first kappa shape index (κ1) is 13.7. The topological polar surface area (TPSA) is 72.3 Å². The highest BCUT2D eigenvalue weighted by Gasteiger charge is 2.11. The molecule has 1 heterocycles. The Hall–Kier alpha value is -1.70. The molecule has 0 radical (unpaired) electrons. The molecule has 6 heteroatoms. The fraction of sp³-hybridized carbons (Fsp3) is 0.154. The van der Waals surface area contributed by atoms with Crippen molar-refractivity contribution in [1.29, 1.82) is 0 Å². The van der Waals surface area contributed by atoms with E-state index in [1.165, 1.54) is 12.1 Å². The third-order valence-electron chi connectivity index (χ3n) is 2.42. The van der Waals surface area contributed by atoms with Crippen molar-refractivity contribution in [3.05, 3.63) is 44.9 Å². The van der Waals surface area contributed by atoms with Gasteiger partial charge in [-0.15, -0.1) is 0 Å². The van der Waals surface area contributed by atoms with Crippen LogP contribution in [0.25, 0.3) is 0 Å². The summed E-state index contributed by atoms with van der Waals surface area (Å²) in [5, 5.41) is 8.98. The van der Waals surface area contributed by atoms with Crippen molar-refractivity contribution in [3.63, 3.8) is 0 Å². The number of carboxylic acids is 1. The molecule has 1 aromatic heterocycles. The first-order chi connectivity index (χ1) is 8.97. The van der Waals surface area contributed by atoms with E-state index in [2.05, 4.69) is 32.6 Å². The zero-order valence-corrected chi connectivity index (χ0v) is 12.5. The van der Waals surface area contributed by atoms with Gasteiger partial charge < -0.3 is 9.84 Å². The van der Waals surface area contributed by atoms with Crippen molar-refractivity contribution in [2.75, 3.05) is 0 Å². The third-order valence-corrected chi connectivity index (χ3v) is 3.31. The molecule has 0 fully saturated rings. The number of ether oxygens (including phenoxy) is 1. The second kappa shape index (κ2) is 5.52. The highest BCUT2D eigenvalue weighted by atomic mass is 127. The summed E-state index contributed by atoms with van der Waals surface area (Å²) in [6.07, 6.45) is 1.65. The number of nitrogens with zero attached hydrogens (tertiary/aromatic N) is 2. The Morgan fingerprint density at radius 3 is 2.79 bits per heavy atom. The summed E-state index contributed by atoms with van der Waals surface area (Å²) in [6, 6.07) is 4.71. The molecule has 0 saturated heterocycles. The highest BCUT2D eigenvalue weighted by Crippen LogP contribution is 2.28. The van der Waals surface area contributed by atoms with Gasteiger partial charge in [0.05, 0.1) is 20.5 Å². The fourth-order valence-corrected chi connectivity index (χ4v) is 1.88. The molecule has 0 aliphatic rings. The minimum Gasteiger partial charge on any atom is -0.478 e. The number of aromatic carboxylic acids is 1. The summed E-state index contributed by atoms with van der Waals surface area (Å²) in [5.41, 5.74) is 1.57. The number of rotatable bonds is 3. The Kier molecular flexibility index (Phi) is 3.98. The lowest BCUT2D eigenvalue weighted by Crippen LogP contribution is -2.00. The number of benzene rings is 1. The molecule has 0 spiro atoms. The van der Waals surface area contributed by atoms with E-state index in [9.17, 15) is 4.79 Å². The summed E-state index contributed by atoms with van der Waals surface area (Å²) < 4.78 is 6.48. The molecule has 0 unspecified atom stereocenters. The van der Waals surface area contributed by atoms with E-state index in [-0.39, 0.29) is 5.56 Å². The monoisotopic (exact) mass is 370 g/mol. The van der Waals surface area contributed by atoms with Crippen LogP contribution in [-0.2, 0) is 0 Å². The lowest BCUT2D eigenvalue weighted by molar-refractivity contribution is 0.0696. The number of carboxylic acid groups (broad SMARTS) is 1. The van der Waals surface area contributed by atoms with E-state index in [4.69, 9.17) is 9.84 Å². The van der Waals surface area contributed by atoms with Gasteiger partial charge in [0, 0.05) is 6.20 Å². The predicted octanol–water partition coefficient (Wildman–Crippen LogP) is 3.19. The molecule has 98 valence electrons. The maximum atomic E-state index is 11.0. The Morgan fingerprint density at radius 2 is 2.11 bits per heavy atom. The molecule has 0 bridgehead atoms. The first-order valence-electron chi connectivity index (χ1n) is 5.48. The van der Waals surface area contributed by atoms with E-state index in [1.54, 1.807) is 19.2 Å². The van der Waals surface area contributed by atoms with Crippen LogP contribution < -0.4 is 4.74 Å². The van der Waals surface area contributed by atoms with Crippen LogP contribution >= 0.6 is 22.6 Å². The molecular weight excluding hydrogens is 359 g/mol. The van der Waals surface area contributed by atoms with E-state index in [0.717, 1.165) is 9.26 Å². The van der Waals surface area contributed by atoms with E-state index < -0.39 is 5.97 Å². The van der Waals surface area contributed by atoms with Gasteiger partial charge >= 0.3 is 5.97 Å². The fourth-order valence-electron chi connectivity index (χ4n) is 1.43. The van der Waals surface area contributed by atoms with Gasteiger partial charge in [0.15, 0.2) is 0 Å². The largest absolute Gasteiger partial charge is 0.478 e. The molecule has 1 N–H and O–H groups in total. The highest BCUT2D eigenvalue weighted by molar-refractivity contribution is 14.1. The van der Waals surface area contributed by atoms with Gasteiger partial charge in [0.1, 0.15) is 5.75 Å². The van der Waals surface area contributed by atoms with Crippen LogP contribution in [0.1, 0.15) is 21.7 Å². The average Bonchev–Trinajstić information content (AvgIpc) is 2.36. The molecule has 2 aromatic rings. The van der Waals surface area contributed by atoms with Crippen molar-refractivity contribution < 1.29 is 14.6 Å². The summed E-state index contributed by atoms with van der Waals surface area (Å²) in [4.78, 5) is 19.4. The van der Waals surface area contributed by atoms with Crippen LogP contribution in [0.15, 0.2) is 24.4 Å². The van der Waals surface area contributed by atoms with Gasteiger partial charge in [-0.05, 0) is 54.6 Å². The molecular formula is C13H11IN2O3. The van der Waals surface area contributed by atoms with Gasteiger partial charge in [-0.2, -0.15) is 0 Å². The zero-order chi connectivity index (χ0) is 14.0. The van der Waals surface area contributed by atoms with E-state index in [1.807, 2.05) is 6.92 Å². The maximum absolute atomic E-state index is 11.0. The van der Waals surface area contributed by atoms with Gasteiger partial charge in [0.2, 0.25) is 5.88 Å². The second-order valence-corrected chi connectivity index (χ2v) is 5.12. The summed E-state index contributed by atoms with van der Waals surface area (Å²) in [7, 11) is 0. The van der Waals surface area contributed by atoms with Crippen molar-refractivity contribution >= 4 is 28.6 Å². The molecule has 0 saturated carbocycles. The Balaban J connectivity index is 2.40. The SMILES string of the molecule is Cc1cnc(C)c(Oc2cc(C(=O)O)ccc2I)n1. The lowest BCUT2D eigenvalue weighted by atomic mass is 10.2. The molecule has 0 aliphatic heterocycles. The molecule has 19 heavy (non-hydrogen) atoms. The first-order valence-corrected chi connectivity index (χ1v) is 6.56. The van der Waals surface area contributed by atoms with E-state index in [0.29, 0.717) is 17.3 Å². The lowest BCUT2D eigenvalue weighted by Gasteiger charge is -2.09. The molecule has 0 aliphatic carbocycles. The average molecular weight is 370 g/mol. The van der Waals surface area contributed by atoms with Crippen LogP contribution in [-0.4, -0.2) is 21.0 Å². The van der Waals surface area contributed by atoms with Gasteiger partial charge in [0.25, 0.3) is 0 Å². The number of hydrogen-bond donors (Lipinski definition) is 1. The van der Waals surface area contributed by atoms with Crippen LogP contribution in [0.3, 0.4) is 0 Å². The minimum atomic E-state index is -0.992. The Labute approximate surface area is 123 Å². The second-order valence-electron chi connectivity index (χ2n) is 3.95. The number of aromatic nitrogens is 2. The van der Waals surface area contributed by atoms with Crippen LogP contribution in [0.2, 0.25) is 0 Å². The van der Waals surface area contributed by atoms with Crippen molar-refractivity contribution in [2.45, 2.75) is 13.8 Å². The van der Waals surface area contributed by atoms with Crippen molar-refractivity contribution in [1.82, 2.24) is 9.97 Å². The number of halogens is 1. The standard InChI is InChI=1S/C13H11IN2O3/c1-7-6-15-8(2)12(16-7)19-11-5-9(13(17)18)3-4-10(11)14/h3-6H,1-2H3,(H,17,18). The van der Waals surface area contributed by atoms with Gasteiger partial charge in [-0.25, -0.2) is 9.78 Å². The van der Waals surface area contributed by atoms with Crippen LogP contribution in [0, 0.1) is 17.4 Å². The Bertz CT molecular complexity index is 644. The smallest absolute Gasteiger partial charge is 0.335 e. The van der Waals surface area contributed by atoms with E-state index >= 15 is 0 Å². The summed E-state index contributed by atoms with van der Waals surface area (Å²) >= 11 is 2.08. The normalized spacial score (nSPS) is 10.3. The van der Waals surface area contributed by atoms with Crippen molar-refractivity contribution in [2.24, 2.45) is 0 Å². The van der Waals surface area contributed by atoms with Crippen LogP contribution in [0.5, 0.6) is 11.6 Å². The molecule has 5 nitrogen and oxygen atoms in total. The summed E-state index contributed by atoms with van der Waals surface area (Å²) in [6.45, 7) is 3.60. The van der Waals surface area contributed by atoms with Gasteiger partial charge in [-0.3, -0.25) is 4.98 Å². The molecule has 1 aromatic carbocycles. The zero-order valence-electron chi connectivity index (χ0n) is 10.3. The maximum Gasteiger partial charge on any atom is 0.335 e. The predicted molar refractivity (Wildman–Crippen MR) is 77.7 cm³/mol. The molecule has 0 amide bonds. The Morgan fingerprint density at radius 1 is 1.37 bits per heavy atom. The minimum absolute atomic E-state index is 0.175.